The third kappa shape index (κ3) is 3.54. The van der Waals surface area contributed by atoms with Crippen LogP contribution in [0.15, 0.2) is 48.5 Å². The lowest BCUT2D eigenvalue weighted by atomic mass is 10.1. The lowest BCUT2D eigenvalue weighted by molar-refractivity contribution is 0.628. The number of halogens is 1. The fraction of sp³-hybridized carbons (Fsp3) is 0.250. The number of hydrogen-bond donors (Lipinski definition) is 2. The first-order valence-corrected chi connectivity index (χ1v) is 8.30. The number of benzene rings is 2. The number of nitrogens with zero attached hydrogens (tertiary/aromatic N) is 1. The summed E-state index contributed by atoms with van der Waals surface area (Å²) in [5.41, 5.74) is 5.34. The highest BCUT2D eigenvalue weighted by molar-refractivity contribution is 5.67. The van der Waals surface area contributed by atoms with Gasteiger partial charge < -0.3 is 10.3 Å². The van der Waals surface area contributed by atoms with Gasteiger partial charge >= 0.3 is 0 Å². The number of nitrogens with one attached hydrogen (secondary N) is 2. The van der Waals surface area contributed by atoms with E-state index in [1.165, 1.54) is 17.7 Å². The molecule has 0 aliphatic heterocycles. The maximum absolute atomic E-state index is 13.1. The molecule has 124 valence electrons. The quantitative estimate of drug-likeness (QED) is 0.698. The minimum atomic E-state index is -0.237. The first-order valence-electron chi connectivity index (χ1n) is 8.30. The Hall–Kier alpha value is -2.46. The first-order chi connectivity index (χ1) is 11.7. The third-order valence-electron chi connectivity index (χ3n) is 4.00. The van der Waals surface area contributed by atoms with Crippen LogP contribution in [0.5, 0.6) is 0 Å². The van der Waals surface area contributed by atoms with Gasteiger partial charge in [0.05, 0.1) is 5.69 Å². The summed E-state index contributed by atoms with van der Waals surface area (Å²) in [5, 5.41) is 3.15. The number of rotatable bonds is 6. The number of H-pyrrole nitrogens is 1. The zero-order chi connectivity index (χ0) is 16.9. The first kappa shape index (κ1) is 16.4. The van der Waals surface area contributed by atoms with E-state index in [2.05, 4.69) is 41.5 Å². The number of aryl methyl sites for hydroxylation is 1. The van der Waals surface area contributed by atoms with Gasteiger partial charge in [0.25, 0.3) is 0 Å². The van der Waals surface area contributed by atoms with Crippen LogP contribution >= 0.6 is 0 Å². The topological polar surface area (TPSA) is 40.7 Å². The molecule has 0 atom stereocenters. The highest BCUT2D eigenvalue weighted by Crippen LogP contribution is 2.27. The Morgan fingerprint density at radius 3 is 2.29 bits per heavy atom. The summed E-state index contributed by atoms with van der Waals surface area (Å²) in [4.78, 5) is 8.19. The van der Waals surface area contributed by atoms with Crippen LogP contribution in [0.2, 0.25) is 0 Å². The van der Waals surface area contributed by atoms with Crippen molar-refractivity contribution >= 4 is 0 Å². The summed E-state index contributed by atoms with van der Waals surface area (Å²) in [6.07, 6.45) is 1.97. The molecule has 3 rings (SSSR count). The van der Waals surface area contributed by atoms with Crippen LogP contribution in [-0.2, 0) is 13.0 Å². The van der Waals surface area contributed by atoms with Crippen molar-refractivity contribution in [2.75, 3.05) is 7.05 Å². The molecule has 0 aliphatic carbocycles. The van der Waals surface area contributed by atoms with Crippen molar-refractivity contribution in [3.63, 3.8) is 0 Å². The molecule has 0 aliphatic rings. The van der Waals surface area contributed by atoms with Crippen molar-refractivity contribution < 1.29 is 4.39 Å². The maximum Gasteiger partial charge on any atom is 0.138 e. The number of aromatic nitrogens is 2. The van der Waals surface area contributed by atoms with Crippen molar-refractivity contribution in [3.8, 4) is 22.6 Å². The number of aromatic amines is 1. The molecule has 0 unspecified atom stereocenters. The van der Waals surface area contributed by atoms with Crippen LogP contribution in [0.4, 0.5) is 4.39 Å². The van der Waals surface area contributed by atoms with Gasteiger partial charge in [-0.15, -0.1) is 0 Å². The molecule has 3 aromatic rings. The molecule has 24 heavy (non-hydrogen) atoms. The van der Waals surface area contributed by atoms with Gasteiger partial charge in [0.2, 0.25) is 0 Å². The molecule has 0 spiro atoms. The van der Waals surface area contributed by atoms with E-state index in [-0.39, 0.29) is 5.82 Å². The predicted molar refractivity (Wildman–Crippen MR) is 96.2 cm³/mol. The molecule has 1 heterocycles. The maximum atomic E-state index is 13.1. The minimum absolute atomic E-state index is 0.237. The molecular formula is C20H22FN3. The molecule has 0 saturated heterocycles. The molecule has 3 nitrogen and oxygen atoms in total. The fourth-order valence-corrected chi connectivity index (χ4v) is 2.81. The van der Waals surface area contributed by atoms with E-state index < -0.39 is 0 Å². The van der Waals surface area contributed by atoms with Crippen LogP contribution < -0.4 is 5.32 Å². The van der Waals surface area contributed by atoms with Crippen molar-refractivity contribution in [3.05, 3.63) is 65.6 Å². The second-order valence-corrected chi connectivity index (χ2v) is 5.90. The summed E-state index contributed by atoms with van der Waals surface area (Å²) in [6.45, 7) is 3.00. The van der Waals surface area contributed by atoms with Crippen LogP contribution in [0.3, 0.4) is 0 Å². The highest BCUT2D eigenvalue weighted by atomic mass is 19.1. The third-order valence-corrected chi connectivity index (χ3v) is 4.00. The van der Waals surface area contributed by atoms with Gasteiger partial charge in [0, 0.05) is 23.4 Å². The summed E-state index contributed by atoms with van der Waals surface area (Å²) < 4.78 is 13.1. The molecule has 0 bridgehead atoms. The van der Waals surface area contributed by atoms with Gasteiger partial charge in [-0.1, -0.05) is 37.6 Å². The van der Waals surface area contributed by atoms with Crippen molar-refractivity contribution in [2.45, 2.75) is 26.3 Å². The van der Waals surface area contributed by atoms with E-state index in [1.54, 1.807) is 12.1 Å². The summed E-state index contributed by atoms with van der Waals surface area (Å²) in [5.74, 6) is 0.548. The average molecular weight is 323 g/mol. The Morgan fingerprint density at radius 1 is 1.00 bits per heavy atom. The van der Waals surface area contributed by atoms with E-state index in [0.717, 1.165) is 47.7 Å². The Balaban J connectivity index is 1.98. The van der Waals surface area contributed by atoms with Crippen LogP contribution in [0.25, 0.3) is 22.6 Å². The summed E-state index contributed by atoms with van der Waals surface area (Å²) in [7, 11) is 1.94. The van der Waals surface area contributed by atoms with Gasteiger partial charge in [-0.2, -0.15) is 0 Å². The molecule has 1 aromatic heterocycles. The van der Waals surface area contributed by atoms with Crippen molar-refractivity contribution in [2.24, 2.45) is 0 Å². The van der Waals surface area contributed by atoms with Gasteiger partial charge in [0.15, 0.2) is 0 Å². The molecule has 0 saturated carbocycles. The van der Waals surface area contributed by atoms with Gasteiger partial charge in [-0.05, 0) is 43.3 Å². The monoisotopic (exact) mass is 323 g/mol. The normalized spacial score (nSPS) is 11.0. The van der Waals surface area contributed by atoms with E-state index in [4.69, 9.17) is 4.98 Å². The summed E-state index contributed by atoms with van der Waals surface area (Å²) >= 11 is 0. The Labute approximate surface area is 142 Å². The molecule has 0 fully saturated rings. The zero-order valence-electron chi connectivity index (χ0n) is 14.1. The average Bonchev–Trinajstić information content (AvgIpc) is 3.01. The smallest absolute Gasteiger partial charge is 0.138 e. The number of hydrogen-bond acceptors (Lipinski definition) is 2. The van der Waals surface area contributed by atoms with Gasteiger partial charge in [-0.25, -0.2) is 9.37 Å². The molecule has 0 radical (unpaired) electrons. The Morgan fingerprint density at radius 2 is 1.67 bits per heavy atom. The van der Waals surface area contributed by atoms with Crippen LogP contribution in [0.1, 0.15) is 24.6 Å². The van der Waals surface area contributed by atoms with Gasteiger partial charge in [0.1, 0.15) is 11.6 Å². The van der Waals surface area contributed by atoms with Gasteiger partial charge in [-0.3, -0.25) is 0 Å². The summed E-state index contributed by atoms with van der Waals surface area (Å²) in [6, 6.07) is 14.9. The van der Waals surface area contributed by atoms with Crippen molar-refractivity contribution in [1.82, 2.24) is 15.3 Å². The second kappa shape index (κ2) is 7.41. The standard InChI is InChI=1S/C20H22FN3/c1-3-4-18-19(15-7-5-14(6-8-15)13-22-2)24-20(23-18)16-9-11-17(21)12-10-16/h5-12,22H,3-4,13H2,1-2H3,(H,23,24). The Kier molecular flexibility index (Phi) is 5.06. The van der Waals surface area contributed by atoms with E-state index in [1.807, 2.05) is 7.05 Å². The second-order valence-electron chi connectivity index (χ2n) is 5.90. The van der Waals surface area contributed by atoms with Crippen molar-refractivity contribution in [1.29, 1.82) is 0 Å². The Bertz CT molecular complexity index is 789. The lowest BCUT2D eigenvalue weighted by Gasteiger charge is -2.04. The zero-order valence-corrected chi connectivity index (χ0v) is 14.1. The van der Waals surface area contributed by atoms with E-state index in [0.29, 0.717) is 0 Å². The van der Waals surface area contributed by atoms with Crippen LogP contribution in [-0.4, -0.2) is 17.0 Å². The van der Waals surface area contributed by atoms with E-state index >= 15 is 0 Å². The molecule has 4 heteroatoms. The van der Waals surface area contributed by atoms with E-state index in [9.17, 15) is 4.39 Å². The largest absolute Gasteiger partial charge is 0.341 e. The SMILES string of the molecule is CCCc1[nH]c(-c2ccc(F)cc2)nc1-c1ccc(CNC)cc1. The molecule has 2 N–H and O–H groups in total. The molecule has 0 amide bonds. The number of imidazole rings is 1. The predicted octanol–water partition coefficient (Wildman–Crippen LogP) is 4.55. The fourth-order valence-electron chi connectivity index (χ4n) is 2.81. The van der Waals surface area contributed by atoms with Crippen LogP contribution in [0, 0.1) is 5.82 Å². The molecular weight excluding hydrogens is 301 g/mol. The lowest BCUT2D eigenvalue weighted by Crippen LogP contribution is -2.04. The molecule has 2 aromatic carbocycles. The highest BCUT2D eigenvalue weighted by Gasteiger charge is 2.13. The minimum Gasteiger partial charge on any atom is -0.341 e.